The molecule has 0 amide bonds. The number of aryl methyl sites for hydroxylation is 1. The second kappa shape index (κ2) is 16.5. The molecule has 0 radical (unpaired) electrons. The van der Waals surface area contributed by atoms with Gasteiger partial charge >= 0.3 is 11.9 Å². The van der Waals surface area contributed by atoms with Crippen molar-refractivity contribution in [2.45, 2.75) is 97.7 Å². The first-order valence-electron chi connectivity index (χ1n) is 15.6. The highest BCUT2D eigenvalue weighted by Gasteiger charge is 2.34. The second-order valence-electron chi connectivity index (χ2n) is 12.5. The number of pyridine rings is 1. The molecule has 1 aliphatic carbocycles. The number of nitrogens with zero attached hydrogens (tertiary/aromatic N) is 1. The fraction of sp³-hybridized carbons (Fsp3) is 0.618. The average molecular weight is 599 g/mol. The molecule has 0 unspecified atom stereocenters. The minimum Gasteiger partial charge on any atom is -0.504 e. The Bertz CT molecular complexity index is 1200. The van der Waals surface area contributed by atoms with Crippen LogP contribution in [-0.2, 0) is 25.5 Å². The zero-order chi connectivity index (χ0) is 31.5. The second-order valence-corrected chi connectivity index (χ2v) is 12.5. The van der Waals surface area contributed by atoms with Gasteiger partial charge in [0.2, 0.25) is 0 Å². The number of ether oxygens (including phenoxy) is 3. The Kier molecular flexibility index (Phi) is 13.1. The van der Waals surface area contributed by atoms with Crippen LogP contribution < -0.4 is 10.5 Å². The van der Waals surface area contributed by atoms with Crippen LogP contribution in [-0.4, -0.2) is 53.1 Å². The minimum absolute atomic E-state index is 0.00163. The molecule has 0 bridgehead atoms. The van der Waals surface area contributed by atoms with Gasteiger partial charge in [-0.25, -0.2) is 4.98 Å². The topological polar surface area (TPSA) is 141 Å². The molecular weight excluding hydrogens is 548 g/mol. The highest BCUT2D eigenvalue weighted by Crippen LogP contribution is 2.39. The van der Waals surface area contributed by atoms with E-state index in [-0.39, 0.29) is 30.2 Å². The number of phenols is 1. The summed E-state index contributed by atoms with van der Waals surface area (Å²) in [7, 11) is 1.50. The van der Waals surface area contributed by atoms with E-state index >= 15 is 0 Å². The van der Waals surface area contributed by atoms with Crippen molar-refractivity contribution in [3.05, 3.63) is 36.0 Å². The summed E-state index contributed by atoms with van der Waals surface area (Å²) >= 11 is 0. The van der Waals surface area contributed by atoms with E-state index < -0.39 is 18.2 Å². The maximum Gasteiger partial charge on any atom is 0.302 e. The molecule has 3 rings (SSSR count). The first kappa shape index (κ1) is 34.2. The molecule has 1 aromatic heterocycles. The van der Waals surface area contributed by atoms with Crippen LogP contribution in [0.5, 0.6) is 11.5 Å². The summed E-state index contributed by atoms with van der Waals surface area (Å²) in [5, 5.41) is 20.6. The number of aromatic nitrogens is 1. The van der Waals surface area contributed by atoms with Gasteiger partial charge in [0.15, 0.2) is 11.5 Å². The van der Waals surface area contributed by atoms with Gasteiger partial charge in [-0.05, 0) is 103 Å². The molecule has 4 N–H and O–H groups in total. The van der Waals surface area contributed by atoms with Gasteiger partial charge in [0.25, 0.3) is 0 Å². The molecule has 1 heterocycles. The number of benzene rings is 1. The molecule has 0 saturated heterocycles. The lowest BCUT2D eigenvalue weighted by molar-refractivity contribution is -0.156. The van der Waals surface area contributed by atoms with Crippen LogP contribution in [0.4, 0.5) is 5.82 Å². The SMILES string of the molecule is COc1cc(CC[C@H](C[C@@H](OC(C)=O)[C@@H]2C[C@H](CO)CCC[C@H](CC(C)C)C2)OC(C)=O)c(-c2ccnc(N)c2)cc1O. The molecule has 1 fully saturated rings. The third kappa shape index (κ3) is 10.7. The molecule has 1 saturated carbocycles. The average Bonchev–Trinajstić information content (AvgIpc) is 2.92. The van der Waals surface area contributed by atoms with Crippen molar-refractivity contribution in [2.75, 3.05) is 19.5 Å². The van der Waals surface area contributed by atoms with E-state index in [2.05, 4.69) is 18.8 Å². The number of carbonyl (C=O) groups excluding carboxylic acids is 2. The molecule has 1 aromatic carbocycles. The molecule has 0 spiro atoms. The number of nitrogen functional groups attached to an aromatic ring is 1. The third-order valence-electron chi connectivity index (χ3n) is 8.46. The molecule has 43 heavy (non-hydrogen) atoms. The lowest BCUT2D eigenvalue weighted by atomic mass is 9.74. The van der Waals surface area contributed by atoms with Crippen molar-refractivity contribution < 1.29 is 34.0 Å². The number of hydrogen-bond acceptors (Lipinski definition) is 9. The number of rotatable bonds is 13. The summed E-state index contributed by atoms with van der Waals surface area (Å²) in [6.45, 7) is 7.38. The number of aromatic hydroxyl groups is 1. The maximum atomic E-state index is 12.3. The van der Waals surface area contributed by atoms with Crippen molar-refractivity contribution in [1.82, 2.24) is 4.98 Å². The molecular formula is C34H50N2O7. The fourth-order valence-corrected chi connectivity index (χ4v) is 6.68. The predicted octanol–water partition coefficient (Wildman–Crippen LogP) is 6.08. The predicted molar refractivity (Wildman–Crippen MR) is 166 cm³/mol. The van der Waals surface area contributed by atoms with Gasteiger partial charge in [0.1, 0.15) is 18.0 Å². The largest absolute Gasteiger partial charge is 0.504 e. The summed E-state index contributed by atoms with van der Waals surface area (Å²) < 4.78 is 17.2. The van der Waals surface area contributed by atoms with E-state index in [1.165, 1.54) is 21.0 Å². The van der Waals surface area contributed by atoms with E-state index in [4.69, 9.17) is 19.9 Å². The lowest BCUT2D eigenvalue weighted by Crippen LogP contribution is -2.36. The monoisotopic (exact) mass is 598 g/mol. The molecule has 1 aliphatic rings. The zero-order valence-corrected chi connectivity index (χ0v) is 26.4. The molecule has 238 valence electrons. The van der Waals surface area contributed by atoms with Crippen LogP contribution in [0.3, 0.4) is 0 Å². The number of esters is 2. The quantitative estimate of drug-likeness (QED) is 0.234. The maximum absolute atomic E-state index is 12.3. The Morgan fingerprint density at radius 1 is 1.07 bits per heavy atom. The van der Waals surface area contributed by atoms with Gasteiger partial charge in [-0.15, -0.1) is 0 Å². The molecule has 9 nitrogen and oxygen atoms in total. The van der Waals surface area contributed by atoms with Gasteiger partial charge in [-0.1, -0.05) is 26.7 Å². The van der Waals surface area contributed by atoms with Gasteiger partial charge < -0.3 is 30.2 Å². The van der Waals surface area contributed by atoms with Crippen LogP contribution in [0.15, 0.2) is 30.5 Å². The van der Waals surface area contributed by atoms with E-state index in [0.717, 1.165) is 55.2 Å². The van der Waals surface area contributed by atoms with Crippen LogP contribution >= 0.6 is 0 Å². The normalized spacial score (nSPS) is 20.5. The molecule has 5 atom stereocenters. The summed E-state index contributed by atoms with van der Waals surface area (Å²) in [5.41, 5.74) is 8.39. The number of carbonyl (C=O) groups is 2. The highest BCUT2D eigenvalue weighted by atomic mass is 16.6. The number of hydrogen-bond donors (Lipinski definition) is 3. The first-order valence-corrected chi connectivity index (χ1v) is 15.6. The number of nitrogens with two attached hydrogens (primary N) is 1. The summed E-state index contributed by atoms with van der Waals surface area (Å²) in [4.78, 5) is 28.7. The number of anilines is 1. The standard InChI is InChI=1S/C34H50N2O7/c1-21(2)13-24-7-6-8-25(20-37)15-28(14-24)32(43-23(4)39)18-29(42-22(3)38)10-9-26-16-33(41-5)31(40)19-30(26)27-11-12-36-34(35)17-27/h11-12,16-17,19,21,24-25,28-29,32,37,40H,6-10,13-15,18,20H2,1-5H3,(H2,35,36)/t24-,25-,28+,29-,32-/m1/s1. The highest BCUT2D eigenvalue weighted by molar-refractivity contribution is 5.72. The summed E-state index contributed by atoms with van der Waals surface area (Å²) in [6.07, 6.45) is 7.88. The van der Waals surface area contributed by atoms with Crippen LogP contribution in [0.25, 0.3) is 11.1 Å². The van der Waals surface area contributed by atoms with E-state index in [9.17, 15) is 19.8 Å². The minimum atomic E-state index is -0.515. The summed E-state index contributed by atoms with van der Waals surface area (Å²) in [6, 6.07) is 6.99. The van der Waals surface area contributed by atoms with Gasteiger partial charge in [0.05, 0.1) is 7.11 Å². The Morgan fingerprint density at radius 3 is 2.40 bits per heavy atom. The van der Waals surface area contributed by atoms with Crippen LogP contribution in [0.1, 0.15) is 84.6 Å². The number of aliphatic hydroxyl groups excluding tert-OH is 1. The van der Waals surface area contributed by atoms with Crippen molar-refractivity contribution in [3.8, 4) is 22.6 Å². The van der Waals surface area contributed by atoms with Crippen LogP contribution in [0.2, 0.25) is 0 Å². The first-order chi connectivity index (χ1) is 20.5. The molecule has 2 aromatic rings. The third-order valence-corrected chi connectivity index (χ3v) is 8.46. The Balaban J connectivity index is 1.90. The number of methoxy groups -OCH3 is 1. The Morgan fingerprint density at radius 2 is 1.77 bits per heavy atom. The van der Waals surface area contributed by atoms with Gasteiger partial charge in [-0.3, -0.25) is 9.59 Å². The van der Waals surface area contributed by atoms with Crippen molar-refractivity contribution in [3.63, 3.8) is 0 Å². The number of aliphatic hydroxyl groups is 1. The van der Waals surface area contributed by atoms with Crippen LogP contribution in [0, 0.1) is 23.7 Å². The number of phenolic OH excluding ortho intramolecular Hbond substituents is 1. The van der Waals surface area contributed by atoms with E-state index in [1.807, 2.05) is 6.07 Å². The van der Waals surface area contributed by atoms with Crippen molar-refractivity contribution >= 4 is 17.8 Å². The fourth-order valence-electron chi connectivity index (χ4n) is 6.68. The van der Waals surface area contributed by atoms with Crippen molar-refractivity contribution in [2.24, 2.45) is 23.7 Å². The molecule has 0 aliphatic heterocycles. The lowest BCUT2D eigenvalue weighted by Gasteiger charge is -2.36. The molecule has 9 heteroatoms. The van der Waals surface area contributed by atoms with E-state index in [0.29, 0.717) is 42.7 Å². The zero-order valence-electron chi connectivity index (χ0n) is 26.4. The van der Waals surface area contributed by atoms with Crippen molar-refractivity contribution in [1.29, 1.82) is 0 Å². The van der Waals surface area contributed by atoms with Gasteiger partial charge in [-0.2, -0.15) is 0 Å². The van der Waals surface area contributed by atoms with Gasteiger partial charge in [0, 0.05) is 33.1 Å². The Hall–Kier alpha value is -3.33. The summed E-state index contributed by atoms with van der Waals surface area (Å²) in [5.74, 6) is 1.20. The smallest absolute Gasteiger partial charge is 0.302 e. The Labute approximate surface area is 256 Å². The van der Waals surface area contributed by atoms with E-state index in [1.54, 1.807) is 24.4 Å².